The summed E-state index contributed by atoms with van der Waals surface area (Å²) in [4.78, 5) is 4.62. The average Bonchev–Trinajstić information content (AvgIpc) is 2.68. The lowest BCUT2D eigenvalue weighted by molar-refractivity contribution is 0.0208. The second-order valence-corrected chi connectivity index (χ2v) is 4.66. The Hall–Kier alpha value is -1.10. The van der Waals surface area contributed by atoms with Crippen molar-refractivity contribution in [3.63, 3.8) is 0 Å². The van der Waals surface area contributed by atoms with Crippen molar-refractivity contribution in [1.82, 2.24) is 14.9 Å². The van der Waals surface area contributed by atoms with Crippen LogP contribution in [-0.2, 0) is 11.8 Å². The van der Waals surface area contributed by atoms with Gasteiger partial charge in [0.05, 0.1) is 17.6 Å². The van der Waals surface area contributed by atoms with Crippen LogP contribution in [0.15, 0.2) is 18.2 Å². The molecule has 1 N–H and O–H groups in total. The molecular weight excluding hydrogens is 238 g/mol. The van der Waals surface area contributed by atoms with Gasteiger partial charge in [-0.05, 0) is 18.2 Å². The highest BCUT2D eigenvalue weighted by Gasteiger charge is 2.21. The highest BCUT2D eigenvalue weighted by Crippen LogP contribution is 2.24. The predicted molar refractivity (Wildman–Crippen MR) is 67.3 cm³/mol. The third kappa shape index (κ3) is 1.92. The molecule has 0 bridgehead atoms. The molecule has 3 rings (SSSR count). The number of hydrogen-bond acceptors (Lipinski definition) is 3. The van der Waals surface area contributed by atoms with Crippen LogP contribution >= 0.6 is 11.6 Å². The fraction of sp³-hybridized carbons (Fsp3) is 0.417. The Bertz CT molecular complexity index is 546. The molecule has 17 heavy (non-hydrogen) atoms. The minimum Gasteiger partial charge on any atom is -0.368 e. The summed E-state index contributed by atoms with van der Waals surface area (Å²) >= 11 is 6.00. The van der Waals surface area contributed by atoms with Gasteiger partial charge in [-0.2, -0.15) is 0 Å². The molecule has 1 fully saturated rings. The molecule has 0 radical (unpaired) electrons. The van der Waals surface area contributed by atoms with Crippen LogP contribution in [0.25, 0.3) is 11.0 Å². The first-order valence-corrected chi connectivity index (χ1v) is 6.08. The summed E-state index contributed by atoms with van der Waals surface area (Å²) in [7, 11) is 2.00. The Morgan fingerprint density at radius 3 is 3.18 bits per heavy atom. The zero-order valence-corrected chi connectivity index (χ0v) is 10.4. The smallest absolute Gasteiger partial charge is 0.140 e. The van der Waals surface area contributed by atoms with Crippen LogP contribution < -0.4 is 5.32 Å². The summed E-state index contributed by atoms with van der Waals surface area (Å²) in [5.74, 6) is 0.953. The number of imidazole rings is 1. The molecule has 2 aromatic rings. The fourth-order valence-corrected chi connectivity index (χ4v) is 2.37. The van der Waals surface area contributed by atoms with E-state index in [2.05, 4.69) is 14.9 Å². The van der Waals surface area contributed by atoms with E-state index in [1.54, 1.807) is 0 Å². The van der Waals surface area contributed by atoms with Crippen molar-refractivity contribution in [3.05, 3.63) is 29.0 Å². The first-order valence-electron chi connectivity index (χ1n) is 5.70. The minimum atomic E-state index is 0.0277. The Balaban J connectivity index is 2.07. The zero-order valence-electron chi connectivity index (χ0n) is 9.61. The molecule has 2 heterocycles. The average molecular weight is 252 g/mol. The van der Waals surface area contributed by atoms with Crippen LogP contribution in [0.4, 0.5) is 0 Å². The van der Waals surface area contributed by atoms with Gasteiger partial charge in [0.15, 0.2) is 0 Å². The van der Waals surface area contributed by atoms with Gasteiger partial charge in [-0.25, -0.2) is 4.98 Å². The van der Waals surface area contributed by atoms with Crippen molar-refractivity contribution in [2.24, 2.45) is 7.05 Å². The molecular formula is C12H14ClN3O. The van der Waals surface area contributed by atoms with E-state index >= 15 is 0 Å². The van der Waals surface area contributed by atoms with Crippen LogP contribution in [0.3, 0.4) is 0 Å². The molecule has 1 unspecified atom stereocenters. The zero-order chi connectivity index (χ0) is 11.8. The van der Waals surface area contributed by atoms with Gasteiger partial charge in [0.25, 0.3) is 0 Å². The molecule has 0 saturated carbocycles. The summed E-state index contributed by atoms with van der Waals surface area (Å²) in [5.41, 5.74) is 2.00. The van der Waals surface area contributed by atoms with Crippen LogP contribution in [0.5, 0.6) is 0 Å². The lowest BCUT2D eigenvalue weighted by Gasteiger charge is -2.23. The van der Waals surface area contributed by atoms with Gasteiger partial charge in [0.1, 0.15) is 11.9 Å². The van der Waals surface area contributed by atoms with Gasteiger partial charge in [0, 0.05) is 25.2 Å². The number of hydrogen-bond donors (Lipinski definition) is 1. The van der Waals surface area contributed by atoms with E-state index in [9.17, 15) is 0 Å². The highest BCUT2D eigenvalue weighted by molar-refractivity contribution is 6.31. The monoisotopic (exact) mass is 251 g/mol. The van der Waals surface area contributed by atoms with Gasteiger partial charge in [0.2, 0.25) is 0 Å². The van der Waals surface area contributed by atoms with E-state index in [1.165, 1.54) is 0 Å². The number of benzene rings is 1. The number of halogens is 1. The number of aromatic nitrogens is 2. The topological polar surface area (TPSA) is 39.1 Å². The van der Waals surface area contributed by atoms with Crippen LogP contribution in [-0.4, -0.2) is 29.2 Å². The van der Waals surface area contributed by atoms with E-state index < -0.39 is 0 Å². The summed E-state index contributed by atoms with van der Waals surface area (Å²) in [6, 6.07) is 5.74. The van der Waals surface area contributed by atoms with Crippen molar-refractivity contribution in [1.29, 1.82) is 0 Å². The maximum absolute atomic E-state index is 6.00. The molecule has 1 saturated heterocycles. The number of fused-ring (bicyclic) bond motifs is 1. The lowest BCUT2D eigenvalue weighted by atomic mass is 10.3. The summed E-state index contributed by atoms with van der Waals surface area (Å²) < 4.78 is 7.78. The van der Waals surface area contributed by atoms with Gasteiger partial charge in [-0.3, -0.25) is 0 Å². The summed E-state index contributed by atoms with van der Waals surface area (Å²) in [6.45, 7) is 2.45. The second-order valence-electron chi connectivity index (χ2n) is 4.23. The largest absolute Gasteiger partial charge is 0.368 e. The second kappa shape index (κ2) is 4.29. The number of morpholine rings is 1. The maximum Gasteiger partial charge on any atom is 0.140 e. The third-order valence-electron chi connectivity index (χ3n) is 3.09. The van der Waals surface area contributed by atoms with Gasteiger partial charge >= 0.3 is 0 Å². The molecule has 0 spiro atoms. The summed E-state index contributed by atoms with van der Waals surface area (Å²) in [6.07, 6.45) is 0.0277. The number of rotatable bonds is 1. The molecule has 90 valence electrons. The fourth-order valence-electron chi connectivity index (χ4n) is 2.20. The van der Waals surface area contributed by atoms with Gasteiger partial charge in [-0.1, -0.05) is 11.6 Å². The SMILES string of the molecule is Cn1c(C2CNCCO2)nc2ccc(Cl)cc21. The Morgan fingerprint density at radius 1 is 1.53 bits per heavy atom. The van der Waals surface area contributed by atoms with E-state index in [-0.39, 0.29) is 6.10 Å². The molecule has 1 aliphatic heterocycles. The minimum absolute atomic E-state index is 0.0277. The van der Waals surface area contributed by atoms with Crippen LogP contribution in [0, 0.1) is 0 Å². The van der Waals surface area contributed by atoms with E-state index in [0.717, 1.165) is 41.6 Å². The van der Waals surface area contributed by atoms with Gasteiger partial charge < -0.3 is 14.6 Å². The molecule has 5 heteroatoms. The lowest BCUT2D eigenvalue weighted by Crippen LogP contribution is -2.34. The summed E-state index contributed by atoms with van der Waals surface area (Å²) in [5, 5.41) is 4.04. The van der Waals surface area contributed by atoms with E-state index in [4.69, 9.17) is 16.3 Å². The molecule has 1 atom stereocenters. The van der Waals surface area contributed by atoms with E-state index in [1.807, 2.05) is 25.2 Å². The van der Waals surface area contributed by atoms with E-state index in [0.29, 0.717) is 0 Å². The Kier molecular flexibility index (Phi) is 2.78. The predicted octanol–water partition coefficient (Wildman–Crippen LogP) is 1.89. The van der Waals surface area contributed by atoms with Crippen molar-refractivity contribution >= 4 is 22.6 Å². The molecule has 4 nitrogen and oxygen atoms in total. The highest BCUT2D eigenvalue weighted by atomic mass is 35.5. The Morgan fingerprint density at radius 2 is 2.41 bits per heavy atom. The number of nitrogens with one attached hydrogen (secondary N) is 1. The van der Waals surface area contributed by atoms with Crippen molar-refractivity contribution in [2.75, 3.05) is 19.7 Å². The van der Waals surface area contributed by atoms with Gasteiger partial charge in [-0.15, -0.1) is 0 Å². The maximum atomic E-state index is 6.00. The quantitative estimate of drug-likeness (QED) is 0.841. The molecule has 1 aromatic carbocycles. The number of ether oxygens (including phenoxy) is 1. The van der Waals surface area contributed by atoms with Crippen molar-refractivity contribution in [2.45, 2.75) is 6.10 Å². The number of nitrogens with zero attached hydrogens (tertiary/aromatic N) is 2. The third-order valence-corrected chi connectivity index (χ3v) is 3.33. The first kappa shape index (κ1) is 11.0. The molecule has 0 aliphatic carbocycles. The normalized spacial score (nSPS) is 20.9. The number of aryl methyl sites for hydroxylation is 1. The standard InChI is InChI=1S/C12H14ClN3O/c1-16-10-6-8(13)2-3-9(10)15-12(16)11-7-14-4-5-17-11/h2-3,6,11,14H,4-5,7H2,1H3. The van der Waals surface area contributed by atoms with Crippen molar-refractivity contribution in [3.8, 4) is 0 Å². The molecule has 1 aliphatic rings. The molecule has 0 amide bonds. The molecule has 1 aromatic heterocycles. The van der Waals surface area contributed by atoms with Crippen LogP contribution in [0.1, 0.15) is 11.9 Å². The van der Waals surface area contributed by atoms with Crippen molar-refractivity contribution < 1.29 is 4.74 Å². The first-order chi connectivity index (χ1) is 8.25. The van der Waals surface area contributed by atoms with Crippen LogP contribution in [0.2, 0.25) is 5.02 Å². The Labute approximate surface area is 105 Å².